The van der Waals surface area contributed by atoms with E-state index in [1.165, 1.54) is 6.07 Å². The summed E-state index contributed by atoms with van der Waals surface area (Å²) in [5.74, 6) is -0.174. The SMILES string of the molecule is N#Cc1cccc(CN2CCN3C(=O)CCC3C2)c1F. The van der Waals surface area contributed by atoms with E-state index in [1.807, 2.05) is 11.0 Å². The molecule has 0 aliphatic carbocycles. The number of hydrogen-bond donors (Lipinski definition) is 0. The van der Waals surface area contributed by atoms with E-state index in [2.05, 4.69) is 4.90 Å². The van der Waals surface area contributed by atoms with Crippen molar-refractivity contribution < 1.29 is 9.18 Å². The van der Waals surface area contributed by atoms with Crippen LogP contribution in [0, 0.1) is 17.1 Å². The predicted molar refractivity (Wildman–Crippen MR) is 71.1 cm³/mol. The Hall–Kier alpha value is -1.93. The number of rotatable bonds is 2. The summed E-state index contributed by atoms with van der Waals surface area (Å²) in [6.07, 6.45) is 1.53. The first kappa shape index (κ1) is 13.1. The topological polar surface area (TPSA) is 47.3 Å². The average Bonchev–Trinajstić information content (AvgIpc) is 2.82. The number of nitrogens with zero attached hydrogens (tertiary/aromatic N) is 3. The van der Waals surface area contributed by atoms with Gasteiger partial charge in [0.1, 0.15) is 11.9 Å². The third-order valence-corrected chi connectivity index (χ3v) is 4.17. The number of carbonyl (C=O) groups excluding carboxylic acids is 1. The number of piperazine rings is 1. The Morgan fingerprint density at radius 2 is 2.25 bits per heavy atom. The molecule has 2 saturated heterocycles. The Morgan fingerprint density at radius 3 is 3.05 bits per heavy atom. The number of amides is 1. The number of carbonyl (C=O) groups is 1. The molecule has 0 spiro atoms. The summed E-state index contributed by atoms with van der Waals surface area (Å²) >= 11 is 0. The molecule has 2 aliphatic rings. The highest BCUT2D eigenvalue weighted by molar-refractivity contribution is 5.78. The number of hydrogen-bond acceptors (Lipinski definition) is 3. The van der Waals surface area contributed by atoms with Crippen LogP contribution in [-0.2, 0) is 11.3 Å². The van der Waals surface area contributed by atoms with Crippen molar-refractivity contribution in [2.75, 3.05) is 19.6 Å². The minimum absolute atomic E-state index is 0.0946. The molecule has 20 heavy (non-hydrogen) atoms. The fourth-order valence-corrected chi connectivity index (χ4v) is 3.10. The van der Waals surface area contributed by atoms with E-state index in [0.29, 0.717) is 18.5 Å². The molecule has 2 heterocycles. The molecule has 2 aliphatic heterocycles. The van der Waals surface area contributed by atoms with E-state index in [9.17, 15) is 9.18 Å². The lowest BCUT2D eigenvalue weighted by atomic mass is 10.1. The van der Waals surface area contributed by atoms with Crippen molar-refractivity contribution in [2.24, 2.45) is 0 Å². The summed E-state index contributed by atoms with van der Waals surface area (Å²) in [6, 6.07) is 7.08. The van der Waals surface area contributed by atoms with Crippen LogP contribution < -0.4 is 0 Å². The van der Waals surface area contributed by atoms with Gasteiger partial charge in [-0.3, -0.25) is 9.69 Å². The van der Waals surface area contributed by atoms with Crippen LogP contribution >= 0.6 is 0 Å². The minimum Gasteiger partial charge on any atom is -0.337 e. The molecule has 0 bridgehead atoms. The van der Waals surface area contributed by atoms with Gasteiger partial charge in [0, 0.05) is 44.2 Å². The van der Waals surface area contributed by atoms with Gasteiger partial charge in [0.2, 0.25) is 5.91 Å². The first-order chi connectivity index (χ1) is 9.69. The van der Waals surface area contributed by atoms with Crippen molar-refractivity contribution >= 4 is 5.91 Å². The van der Waals surface area contributed by atoms with Gasteiger partial charge in [-0.05, 0) is 12.5 Å². The third kappa shape index (κ3) is 2.27. The molecule has 3 rings (SSSR count). The van der Waals surface area contributed by atoms with Gasteiger partial charge >= 0.3 is 0 Å². The van der Waals surface area contributed by atoms with Crippen LogP contribution in [0.2, 0.25) is 0 Å². The van der Waals surface area contributed by atoms with Crippen LogP contribution in [0.15, 0.2) is 18.2 Å². The zero-order valence-electron chi connectivity index (χ0n) is 11.2. The van der Waals surface area contributed by atoms with Gasteiger partial charge in [-0.2, -0.15) is 5.26 Å². The summed E-state index contributed by atoms with van der Waals surface area (Å²) in [6.45, 7) is 2.78. The van der Waals surface area contributed by atoms with Gasteiger partial charge in [0.05, 0.1) is 5.56 Å². The van der Waals surface area contributed by atoms with Crippen LogP contribution in [0.4, 0.5) is 4.39 Å². The molecule has 1 aromatic rings. The quantitative estimate of drug-likeness (QED) is 0.820. The van der Waals surface area contributed by atoms with Gasteiger partial charge < -0.3 is 4.90 Å². The summed E-state index contributed by atoms with van der Waals surface area (Å²) in [5, 5.41) is 8.85. The van der Waals surface area contributed by atoms with Gasteiger partial charge in [-0.25, -0.2) is 4.39 Å². The van der Waals surface area contributed by atoms with Crippen LogP contribution in [0.5, 0.6) is 0 Å². The van der Waals surface area contributed by atoms with Crippen molar-refractivity contribution in [2.45, 2.75) is 25.4 Å². The molecule has 5 heteroatoms. The minimum atomic E-state index is -0.417. The first-order valence-corrected chi connectivity index (χ1v) is 6.88. The van der Waals surface area contributed by atoms with Crippen LogP contribution in [-0.4, -0.2) is 41.4 Å². The van der Waals surface area contributed by atoms with Crippen LogP contribution in [0.3, 0.4) is 0 Å². The molecule has 0 N–H and O–H groups in total. The number of nitriles is 1. The molecular weight excluding hydrogens is 257 g/mol. The number of benzene rings is 1. The van der Waals surface area contributed by atoms with Crippen molar-refractivity contribution in [3.05, 3.63) is 35.1 Å². The van der Waals surface area contributed by atoms with Gasteiger partial charge in [-0.1, -0.05) is 12.1 Å². The lowest BCUT2D eigenvalue weighted by Gasteiger charge is -2.37. The van der Waals surface area contributed by atoms with Crippen LogP contribution in [0.25, 0.3) is 0 Å². The highest BCUT2D eigenvalue weighted by atomic mass is 19.1. The molecule has 0 saturated carbocycles. The average molecular weight is 273 g/mol. The van der Waals surface area contributed by atoms with E-state index in [4.69, 9.17) is 5.26 Å². The van der Waals surface area contributed by atoms with E-state index in [0.717, 1.165) is 26.1 Å². The molecule has 4 nitrogen and oxygen atoms in total. The lowest BCUT2D eigenvalue weighted by molar-refractivity contribution is -0.130. The molecular formula is C15H16FN3O. The van der Waals surface area contributed by atoms with Crippen LogP contribution in [0.1, 0.15) is 24.0 Å². The predicted octanol–water partition coefficient (Wildman–Crippen LogP) is 1.50. The van der Waals surface area contributed by atoms with Crippen molar-refractivity contribution in [3.63, 3.8) is 0 Å². The summed E-state index contributed by atoms with van der Waals surface area (Å²) in [4.78, 5) is 15.7. The second-order valence-electron chi connectivity index (χ2n) is 5.41. The van der Waals surface area contributed by atoms with Crippen molar-refractivity contribution in [1.82, 2.24) is 9.80 Å². The zero-order chi connectivity index (χ0) is 14.1. The maximum Gasteiger partial charge on any atom is 0.222 e. The fraction of sp³-hybridized carbons (Fsp3) is 0.467. The normalized spacial score (nSPS) is 22.7. The Kier molecular flexibility index (Phi) is 3.41. The van der Waals surface area contributed by atoms with Gasteiger partial charge in [0.15, 0.2) is 0 Å². The second-order valence-corrected chi connectivity index (χ2v) is 5.41. The number of halogens is 1. The molecule has 1 amide bonds. The molecule has 2 fully saturated rings. The highest BCUT2D eigenvalue weighted by Gasteiger charge is 2.35. The van der Waals surface area contributed by atoms with E-state index >= 15 is 0 Å². The van der Waals surface area contributed by atoms with Crippen molar-refractivity contribution in [3.8, 4) is 6.07 Å². The Labute approximate surface area is 117 Å². The molecule has 104 valence electrons. The summed E-state index contributed by atoms with van der Waals surface area (Å²) < 4.78 is 14.0. The first-order valence-electron chi connectivity index (χ1n) is 6.88. The maximum atomic E-state index is 14.0. The van der Waals surface area contributed by atoms with E-state index < -0.39 is 5.82 Å². The van der Waals surface area contributed by atoms with Gasteiger partial charge in [-0.15, -0.1) is 0 Å². The molecule has 0 radical (unpaired) electrons. The largest absolute Gasteiger partial charge is 0.337 e. The number of fused-ring (bicyclic) bond motifs is 1. The van der Waals surface area contributed by atoms with E-state index in [1.54, 1.807) is 12.1 Å². The second kappa shape index (κ2) is 5.22. The Balaban J connectivity index is 1.71. The maximum absolute atomic E-state index is 14.0. The lowest BCUT2D eigenvalue weighted by Crippen LogP contribution is -2.51. The van der Waals surface area contributed by atoms with Gasteiger partial charge in [0.25, 0.3) is 0 Å². The molecule has 0 aromatic heterocycles. The Morgan fingerprint density at radius 1 is 1.40 bits per heavy atom. The fourth-order valence-electron chi connectivity index (χ4n) is 3.10. The Bertz CT molecular complexity index is 581. The molecule has 1 unspecified atom stereocenters. The summed E-state index contributed by atoms with van der Waals surface area (Å²) in [7, 11) is 0. The molecule has 1 atom stereocenters. The van der Waals surface area contributed by atoms with Crippen molar-refractivity contribution in [1.29, 1.82) is 5.26 Å². The standard InChI is InChI=1S/C15H16FN3O/c16-15-11(8-17)2-1-3-12(15)9-18-6-7-19-13(10-18)4-5-14(19)20/h1-3,13H,4-7,9-10H2. The zero-order valence-corrected chi connectivity index (χ0v) is 11.2. The highest BCUT2D eigenvalue weighted by Crippen LogP contribution is 2.24. The molecule has 1 aromatic carbocycles. The monoisotopic (exact) mass is 273 g/mol. The third-order valence-electron chi connectivity index (χ3n) is 4.17. The van der Waals surface area contributed by atoms with E-state index in [-0.39, 0.29) is 17.5 Å². The summed E-state index contributed by atoms with van der Waals surface area (Å²) in [5.41, 5.74) is 0.652. The smallest absolute Gasteiger partial charge is 0.222 e.